The fourth-order valence-electron chi connectivity index (χ4n) is 4.28. The molecule has 1 atom stereocenters. The van der Waals surface area contributed by atoms with Crippen molar-refractivity contribution in [2.75, 3.05) is 6.61 Å². The first-order valence-corrected chi connectivity index (χ1v) is 11.8. The minimum Gasteiger partial charge on any atom is -0.479 e. The summed E-state index contributed by atoms with van der Waals surface area (Å²) in [4.78, 5) is 16.3. The lowest BCUT2D eigenvalue weighted by Gasteiger charge is -2.12. The molecule has 4 rings (SSSR count). The summed E-state index contributed by atoms with van der Waals surface area (Å²) < 4.78 is 13.6. The molecular formula is C28H32N2O4. The molecule has 0 aliphatic heterocycles. The van der Waals surface area contributed by atoms with E-state index in [1.165, 1.54) is 5.56 Å². The monoisotopic (exact) mass is 460 g/mol. The van der Waals surface area contributed by atoms with Crippen molar-refractivity contribution in [1.82, 2.24) is 9.55 Å². The normalized spacial score (nSPS) is 12.5. The lowest BCUT2D eigenvalue weighted by atomic mass is 10.0. The standard InChI is InChI=1S/C28H32N2O4/c1-6-33-26(28(31)32)14-20-7-12-25-23(13-20)18(4)15-30(25)16-24-19(5)34-27(29-24)22-10-8-21(9-11-22)17(2)3/h7-13,15,17,26H,6,14,16H2,1-5H3,(H,31,32). The average molecular weight is 461 g/mol. The molecular weight excluding hydrogens is 428 g/mol. The van der Waals surface area contributed by atoms with Gasteiger partial charge >= 0.3 is 5.97 Å². The lowest BCUT2D eigenvalue weighted by Crippen LogP contribution is -2.26. The zero-order chi connectivity index (χ0) is 24.4. The van der Waals surface area contributed by atoms with E-state index < -0.39 is 12.1 Å². The van der Waals surface area contributed by atoms with Crippen molar-refractivity contribution in [2.24, 2.45) is 0 Å². The lowest BCUT2D eigenvalue weighted by molar-refractivity contribution is -0.149. The number of carboxylic acid groups (broad SMARTS) is 1. The Morgan fingerprint density at radius 1 is 1.15 bits per heavy atom. The van der Waals surface area contributed by atoms with E-state index in [1.807, 2.05) is 19.1 Å². The third-order valence-corrected chi connectivity index (χ3v) is 6.25. The second-order valence-corrected chi connectivity index (χ2v) is 9.08. The third kappa shape index (κ3) is 4.92. The van der Waals surface area contributed by atoms with E-state index >= 15 is 0 Å². The maximum Gasteiger partial charge on any atom is 0.333 e. The summed E-state index contributed by atoms with van der Waals surface area (Å²) in [6.07, 6.45) is 1.61. The van der Waals surface area contributed by atoms with Crippen LogP contribution in [0.25, 0.3) is 22.4 Å². The zero-order valence-corrected chi connectivity index (χ0v) is 20.5. The first-order chi connectivity index (χ1) is 16.3. The number of ether oxygens (including phenoxy) is 1. The zero-order valence-electron chi connectivity index (χ0n) is 20.5. The quantitative estimate of drug-likeness (QED) is 0.326. The highest BCUT2D eigenvalue weighted by molar-refractivity contribution is 5.85. The van der Waals surface area contributed by atoms with Gasteiger partial charge in [0.25, 0.3) is 0 Å². The Hall–Kier alpha value is -3.38. The van der Waals surface area contributed by atoms with E-state index in [4.69, 9.17) is 14.1 Å². The summed E-state index contributed by atoms with van der Waals surface area (Å²) in [5.41, 5.74) is 6.31. The molecule has 0 amide bonds. The predicted octanol–water partition coefficient (Wildman–Crippen LogP) is 6.12. The Balaban J connectivity index is 1.58. The molecule has 0 radical (unpaired) electrons. The van der Waals surface area contributed by atoms with Gasteiger partial charge in [-0.25, -0.2) is 9.78 Å². The molecule has 2 aromatic carbocycles. The highest BCUT2D eigenvalue weighted by atomic mass is 16.5. The molecule has 0 bridgehead atoms. The van der Waals surface area contributed by atoms with Crippen LogP contribution >= 0.6 is 0 Å². The number of fused-ring (bicyclic) bond motifs is 1. The van der Waals surface area contributed by atoms with Crippen molar-refractivity contribution < 1.29 is 19.1 Å². The summed E-state index contributed by atoms with van der Waals surface area (Å²) in [5.74, 6) is 0.984. The van der Waals surface area contributed by atoms with E-state index in [-0.39, 0.29) is 0 Å². The highest BCUT2D eigenvalue weighted by Gasteiger charge is 2.19. The van der Waals surface area contributed by atoms with E-state index in [1.54, 1.807) is 6.92 Å². The molecule has 6 heteroatoms. The van der Waals surface area contributed by atoms with E-state index in [0.29, 0.717) is 31.4 Å². The minimum atomic E-state index is -0.938. The second-order valence-electron chi connectivity index (χ2n) is 9.08. The van der Waals surface area contributed by atoms with Crippen LogP contribution in [0.15, 0.2) is 53.1 Å². The van der Waals surface area contributed by atoms with Crippen LogP contribution in [0.4, 0.5) is 0 Å². The molecule has 4 aromatic rings. The van der Waals surface area contributed by atoms with Crippen LogP contribution < -0.4 is 0 Å². The van der Waals surface area contributed by atoms with Crippen molar-refractivity contribution in [3.63, 3.8) is 0 Å². The highest BCUT2D eigenvalue weighted by Crippen LogP contribution is 2.27. The topological polar surface area (TPSA) is 77.5 Å². The summed E-state index contributed by atoms with van der Waals surface area (Å²) in [6, 6.07) is 14.5. The number of carbonyl (C=O) groups is 1. The summed E-state index contributed by atoms with van der Waals surface area (Å²) in [7, 11) is 0. The van der Waals surface area contributed by atoms with Gasteiger partial charge in [0.05, 0.1) is 6.54 Å². The fourth-order valence-corrected chi connectivity index (χ4v) is 4.28. The summed E-state index contributed by atoms with van der Waals surface area (Å²) >= 11 is 0. The molecule has 0 aliphatic rings. The molecule has 0 fully saturated rings. The van der Waals surface area contributed by atoms with Crippen LogP contribution in [-0.2, 0) is 22.5 Å². The van der Waals surface area contributed by atoms with Gasteiger partial charge in [0, 0.05) is 35.7 Å². The molecule has 6 nitrogen and oxygen atoms in total. The van der Waals surface area contributed by atoms with Crippen molar-refractivity contribution in [3.8, 4) is 11.5 Å². The Morgan fingerprint density at radius 3 is 2.53 bits per heavy atom. The predicted molar refractivity (Wildman–Crippen MR) is 133 cm³/mol. The van der Waals surface area contributed by atoms with Gasteiger partial charge in [-0.15, -0.1) is 0 Å². The first kappa shape index (κ1) is 23.8. The third-order valence-electron chi connectivity index (χ3n) is 6.25. The van der Waals surface area contributed by atoms with Crippen molar-refractivity contribution in [2.45, 2.75) is 59.6 Å². The number of oxazole rings is 1. The number of hydrogen-bond donors (Lipinski definition) is 1. The fraction of sp³-hybridized carbons (Fsp3) is 0.357. The number of carboxylic acids is 1. The van der Waals surface area contributed by atoms with E-state index in [9.17, 15) is 9.90 Å². The number of nitrogens with zero attached hydrogens (tertiary/aromatic N) is 2. The van der Waals surface area contributed by atoms with Gasteiger partial charge in [0.1, 0.15) is 11.5 Å². The molecule has 1 N–H and O–H groups in total. The van der Waals surface area contributed by atoms with Crippen LogP contribution in [0.3, 0.4) is 0 Å². The van der Waals surface area contributed by atoms with Gasteiger partial charge in [-0.2, -0.15) is 0 Å². The molecule has 2 aromatic heterocycles. The van der Waals surface area contributed by atoms with Crippen LogP contribution in [0, 0.1) is 13.8 Å². The van der Waals surface area contributed by atoms with Crippen LogP contribution in [0.1, 0.15) is 54.8 Å². The molecule has 0 saturated carbocycles. The Bertz CT molecular complexity index is 1300. The maximum atomic E-state index is 11.5. The number of benzene rings is 2. The van der Waals surface area contributed by atoms with Crippen LogP contribution in [0.2, 0.25) is 0 Å². The SMILES string of the molecule is CCOC(Cc1ccc2c(c1)c(C)cn2Cc1nc(-c2ccc(C(C)C)cc2)oc1C)C(=O)O. The van der Waals surface area contributed by atoms with Gasteiger partial charge in [-0.3, -0.25) is 0 Å². The van der Waals surface area contributed by atoms with Gasteiger partial charge in [0.2, 0.25) is 5.89 Å². The van der Waals surface area contributed by atoms with Gasteiger partial charge in [0.15, 0.2) is 6.10 Å². The molecule has 34 heavy (non-hydrogen) atoms. The number of hydrogen-bond acceptors (Lipinski definition) is 4. The van der Waals surface area contributed by atoms with Crippen molar-refractivity contribution >= 4 is 16.9 Å². The molecule has 0 spiro atoms. The minimum absolute atomic E-state index is 0.338. The smallest absolute Gasteiger partial charge is 0.333 e. The van der Waals surface area contributed by atoms with E-state index in [2.05, 4.69) is 61.9 Å². The first-order valence-electron chi connectivity index (χ1n) is 11.8. The van der Waals surface area contributed by atoms with E-state index in [0.717, 1.165) is 39.0 Å². The Labute approximate surface area is 200 Å². The van der Waals surface area contributed by atoms with Gasteiger partial charge < -0.3 is 18.8 Å². The average Bonchev–Trinajstić information content (AvgIpc) is 3.33. The Morgan fingerprint density at radius 2 is 1.88 bits per heavy atom. The number of aromatic nitrogens is 2. The molecule has 2 heterocycles. The van der Waals surface area contributed by atoms with Gasteiger partial charge in [-0.05, 0) is 67.6 Å². The summed E-state index contributed by atoms with van der Waals surface area (Å²) in [6.45, 7) is 11.1. The van der Waals surface area contributed by atoms with Crippen LogP contribution in [0.5, 0.6) is 0 Å². The largest absolute Gasteiger partial charge is 0.479 e. The van der Waals surface area contributed by atoms with Crippen molar-refractivity contribution in [3.05, 3.63) is 76.8 Å². The molecule has 178 valence electrons. The van der Waals surface area contributed by atoms with Crippen molar-refractivity contribution in [1.29, 1.82) is 0 Å². The maximum absolute atomic E-state index is 11.5. The summed E-state index contributed by atoms with van der Waals surface area (Å²) in [5, 5.41) is 10.5. The van der Waals surface area contributed by atoms with Crippen LogP contribution in [-0.4, -0.2) is 33.3 Å². The molecule has 0 aliphatic carbocycles. The van der Waals surface area contributed by atoms with Gasteiger partial charge in [-0.1, -0.05) is 32.0 Å². The second kappa shape index (κ2) is 9.85. The Kier molecular flexibility index (Phi) is 6.89. The molecule has 1 unspecified atom stereocenters. The molecule has 0 saturated heterocycles. The number of aliphatic carboxylic acids is 1. The number of aryl methyl sites for hydroxylation is 2. The number of rotatable bonds is 9.